The third-order valence-electron chi connectivity index (χ3n) is 5.72. The smallest absolute Gasteiger partial charge is 0.246 e. The monoisotopic (exact) mass is 531 g/mol. The zero-order valence-corrected chi connectivity index (χ0v) is 23.7. The van der Waals surface area contributed by atoms with Crippen molar-refractivity contribution in [3.8, 4) is 0 Å². The fourth-order valence-electron chi connectivity index (χ4n) is 4.04. The zero-order valence-electron chi connectivity index (χ0n) is 22.8. The van der Waals surface area contributed by atoms with Crippen molar-refractivity contribution in [1.29, 1.82) is 0 Å². The molecule has 1 heterocycles. The summed E-state index contributed by atoms with van der Waals surface area (Å²) >= 11 is 0. The van der Waals surface area contributed by atoms with Crippen molar-refractivity contribution in [2.24, 2.45) is 5.10 Å². The minimum absolute atomic E-state index is 0.223. The van der Waals surface area contributed by atoms with Crippen LogP contribution in [0.25, 0.3) is 10.9 Å². The average Bonchev–Trinajstić information content (AvgIpc) is 2.94. The largest absolute Gasteiger partial charge is 0.356 e. The summed E-state index contributed by atoms with van der Waals surface area (Å²) in [6.07, 6.45) is 3.57. The number of aryl methyl sites for hydroxylation is 1. The van der Waals surface area contributed by atoms with Crippen LogP contribution in [0.2, 0.25) is 0 Å². The van der Waals surface area contributed by atoms with Crippen LogP contribution in [0.4, 0.5) is 11.8 Å². The van der Waals surface area contributed by atoms with E-state index in [2.05, 4.69) is 34.3 Å². The summed E-state index contributed by atoms with van der Waals surface area (Å²) in [6, 6.07) is 21.8. The van der Waals surface area contributed by atoms with Gasteiger partial charge in [0.05, 0.1) is 21.5 Å². The van der Waals surface area contributed by atoms with Crippen LogP contribution in [-0.2, 0) is 9.84 Å². The molecule has 38 heavy (non-hydrogen) atoms. The molecule has 0 saturated carbocycles. The lowest BCUT2D eigenvalue weighted by atomic mass is 10.2. The van der Waals surface area contributed by atoms with Crippen LogP contribution in [0.3, 0.4) is 0 Å². The molecule has 0 aliphatic carbocycles. The van der Waals surface area contributed by atoms with Gasteiger partial charge >= 0.3 is 0 Å². The van der Waals surface area contributed by atoms with Gasteiger partial charge in [0.15, 0.2) is 0 Å². The third-order valence-corrected chi connectivity index (χ3v) is 7.47. The van der Waals surface area contributed by atoms with Crippen molar-refractivity contribution in [1.82, 2.24) is 9.97 Å². The van der Waals surface area contributed by atoms with E-state index in [0.29, 0.717) is 22.7 Å². The van der Waals surface area contributed by atoms with Crippen LogP contribution in [0, 0.1) is 6.92 Å². The van der Waals surface area contributed by atoms with E-state index in [0.717, 1.165) is 37.1 Å². The molecule has 200 valence electrons. The van der Waals surface area contributed by atoms with Gasteiger partial charge in [-0.15, -0.1) is 0 Å². The van der Waals surface area contributed by atoms with Crippen LogP contribution in [0.15, 0.2) is 87.7 Å². The second-order valence-electron chi connectivity index (χ2n) is 8.64. The van der Waals surface area contributed by atoms with Crippen LogP contribution in [0.5, 0.6) is 0 Å². The van der Waals surface area contributed by atoms with Gasteiger partial charge in [-0.25, -0.2) is 18.8 Å². The molecule has 0 spiro atoms. The molecule has 0 fully saturated rings. The molecule has 7 nitrogen and oxygen atoms in total. The van der Waals surface area contributed by atoms with Gasteiger partial charge < -0.3 is 4.90 Å². The maximum absolute atomic E-state index is 13.4. The first-order valence-electron chi connectivity index (χ1n) is 13.1. The molecule has 0 atom stereocenters. The van der Waals surface area contributed by atoms with Crippen LogP contribution in [0.1, 0.15) is 51.7 Å². The average molecular weight is 532 g/mol. The molecule has 1 aromatic heterocycles. The van der Waals surface area contributed by atoms with Gasteiger partial charge in [0, 0.05) is 18.5 Å². The lowest BCUT2D eigenvalue weighted by Crippen LogP contribution is -2.26. The summed E-state index contributed by atoms with van der Waals surface area (Å²) < 4.78 is 26.8. The first-order valence-corrected chi connectivity index (χ1v) is 14.6. The highest BCUT2D eigenvalue weighted by molar-refractivity contribution is 7.91. The van der Waals surface area contributed by atoms with Crippen molar-refractivity contribution in [3.63, 3.8) is 0 Å². The van der Waals surface area contributed by atoms with Crippen molar-refractivity contribution < 1.29 is 8.42 Å². The minimum Gasteiger partial charge on any atom is -0.356 e. The number of fused-ring (bicyclic) bond motifs is 1. The Morgan fingerprint density at radius 3 is 2.21 bits per heavy atom. The molecular formula is C30H37N5O2S. The van der Waals surface area contributed by atoms with E-state index in [9.17, 15) is 8.42 Å². The van der Waals surface area contributed by atoms with Crippen LogP contribution in [-0.4, -0.2) is 37.7 Å². The third kappa shape index (κ3) is 6.95. The fraction of sp³-hybridized carbons (Fsp3) is 0.300. The Morgan fingerprint density at radius 2 is 1.55 bits per heavy atom. The van der Waals surface area contributed by atoms with Gasteiger partial charge in [0.2, 0.25) is 15.8 Å². The molecule has 4 aromatic rings. The molecule has 0 aliphatic rings. The van der Waals surface area contributed by atoms with Crippen molar-refractivity contribution in [2.75, 3.05) is 23.4 Å². The van der Waals surface area contributed by atoms with Gasteiger partial charge in [-0.2, -0.15) is 10.1 Å². The number of hydrazone groups is 1. The molecule has 0 unspecified atom stereocenters. The highest BCUT2D eigenvalue weighted by atomic mass is 32.2. The fourth-order valence-corrected chi connectivity index (χ4v) is 5.43. The molecule has 1 N–H and O–H groups in total. The molecule has 8 heteroatoms. The molecule has 4 rings (SSSR count). The van der Waals surface area contributed by atoms with E-state index in [4.69, 9.17) is 4.98 Å². The number of sulfone groups is 1. The predicted molar refractivity (Wildman–Crippen MR) is 158 cm³/mol. The maximum Gasteiger partial charge on any atom is 0.246 e. The van der Waals surface area contributed by atoms with E-state index in [1.807, 2.05) is 57.2 Å². The van der Waals surface area contributed by atoms with E-state index < -0.39 is 9.84 Å². The Labute approximate surface area is 226 Å². The molecule has 0 aliphatic heterocycles. The first kappa shape index (κ1) is 28.8. The van der Waals surface area contributed by atoms with Gasteiger partial charge in [0.1, 0.15) is 5.82 Å². The van der Waals surface area contributed by atoms with E-state index in [1.54, 1.807) is 42.6 Å². The Hall–Kier alpha value is -3.78. The second-order valence-corrected chi connectivity index (χ2v) is 10.6. The summed E-state index contributed by atoms with van der Waals surface area (Å²) in [5.41, 5.74) is 5.44. The highest BCUT2D eigenvalue weighted by Crippen LogP contribution is 2.31. The second kappa shape index (κ2) is 13.7. The van der Waals surface area contributed by atoms with E-state index >= 15 is 0 Å². The Bertz CT molecular complexity index is 1470. The van der Waals surface area contributed by atoms with E-state index in [1.165, 1.54) is 0 Å². The van der Waals surface area contributed by atoms with Gasteiger partial charge in [-0.05, 0) is 61.2 Å². The quantitative estimate of drug-likeness (QED) is 0.177. The van der Waals surface area contributed by atoms with Crippen molar-refractivity contribution >= 4 is 38.7 Å². The molecule has 0 saturated heterocycles. The minimum atomic E-state index is -3.69. The van der Waals surface area contributed by atoms with Gasteiger partial charge in [-0.1, -0.05) is 70.2 Å². The number of nitrogens with one attached hydrogen (secondary N) is 1. The van der Waals surface area contributed by atoms with Crippen LogP contribution >= 0.6 is 0 Å². The normalized spacial score (nSPS) is 11.3. The summed E-state index contributed by atoms with van der Waals surface area (Å²) in [4.78, 5) is 12.1. The number of benzene rings is 3. The number of nitrogens with zero attached hydrogens (tertiary/aromatic N) is 4. The van der Waals surface area contributed by atoms with Gasteiger partial charge in [-0.3, -0.25) is 0 Å². The molecular weight excluding hydrogens is 494 g/mol. The SMILES string of the molecule is CC.CCCN(CCC)c1nc(N/N=C/c2ccccc2)nc2ccc(S(=O)(=O)c3cccc(C)c3)cc12. The molecule has 0 radical (unpaired) electrons. The number of hydrogen-bond acceptors (Lipinski definition) is 7. The zero-order chi connectivity index (χ0) is 27.5. The highest BCUT2D eigenvalue weighted by Gasteiger charge is 2.21. The molecule has 3 aromatic carbocycles. The van der Waals surface area contributed by atoms with E-state index in [-0.39, 0.29) is 9.79 Å². The first-order chi connectivity index (χ1) is 18.4. The lowest BCUT2D eigenvalue weighted by molar-refractivity contribution is 0.596. The summed E-state index contributed by atoms with van der Waals surface area (Å²) in [5.74, 6) is 1.05. The van der Waals surface area contributed by atoms with Crippen molar-refractivity contribution in [2.45, 2.75) is 57.3 Å². The number of hydrogen-bond donors (Lipinski definition) is 1. The maximum atomic E-state index is 13.4. The number of aromatic nitrogens is 2. The van der Waals surface area contributed by atoms with Gasteiger partial charge in [0.25, 0.3) is 0 Å². The standard InChI is InChI=1S/C28H31N5O2S.C2H6/c1-4-16-33(17-5-2)27-25-19-24(36(34,35)23-13-9-10-21(3)18-23)14-15-26(25)30-28(31-27)32-29-20-22-11-7-6-8-12-22;1-2/h6-15,18-20H,4-5,16-17H2,1-3H3,(H,30,31,32);1-2H3/b29-20+;. The summed E-state index contributed by atoms with van der Waals surface area (Å²) in [6.45, 7) is 11.7. The number of anilines is 2. The molecule has 0 amide bonds. The summed E-state index contributed by atoms with van der Waals surface area (Å²) in [7, 11) is -3.69. The molecule has 0 bridgehead atoms. The lowest BCUT2D eigenvalue weighted by Gasteiger charge is -2.24. The van der Waals surface area contributed by atoms with Crippen molar-refractivity contribution in [3.05, 3.63) is 83.9 Å². The summed E-state index contributed by atoms with van der Waals surface area (Å²) in [5, 5.41) is 5.00. The Kier molecular flexibility index (Phi) is 10.4. The Morgan fingerprint density at radius 1 is 0.868 bits per heavy atom. The predicted octanol–water partition coefficient (Wildman–Crippen LogP) is 6.87. The Balaban J connectivity index is 0.00000195. The number of rotatable bonds is 10. The topological polar surface area (TPSA) is 87.6 Å². The van der Waals surface area contributed by atoms with Crippen LogP contribution < -0.4 is 10.3 Å².